The van der Waals surface area contributed by atoms with E-state index in [1.807, 2.05) is 0 Å². The molecule has 0 aromatic heterocycles. The maximum atomic E-state index is 11.5. The molecule has 0 radical (unpaired) electrons. The Morgan fingerprint density at radius 2 is 1.71 bits per heavy atom. The lowest BCUT2D eigenvalue weighted by atomic mass is 10.2. The summed E-state index contributed by atoms with van der Waals surface area (Å²) in [5.41, 5.74) is -0.0336. The van der Waals surface area contributed by atoms with Crippen LogP contribution in [0, 0.1) is 0 Å². The molecule has 0 saturated carbocycles. The van der Waals surface area contributed by atoms with Crippen molar-refractivity contribution in [1.82, 2.24) is 4.13 Å². The zero-order valence-electron chi connectivity index (χ0n) is 8.50. The average Bonchev–Trinajstić information content (AvgIpc) is 2.43. The molecule has 92 valence electrons. The van der Waals surface area contributed by atoms with E-state index in [9.17, 15) is 21.6 Å². The van der Waals surface area contributed by atoms with E-state index in [2.05, 4.69) is 4.74 Å². The second kappa shape index (κ2) is 3.52. The zero-order valence-corrected chi connectivity index (χ0v) is 10.1. The predicted octanol–water partition coefficient (Wildman–Crippen LogP) is -0.546. The fourth-order valence-electron chi connectivity index (χ4n) is 1.42. The number of fused-ring (bicyclic) bond motifs is 1. The second-order valence-corrected chi connectivity index (χ2v) is 6.80. The summed E-state index contributed by atoms with van der Waals surface area (Å²) in [6.07, 6.45) is 0. The van der Waals surface area contributed by atoms with Crippen molar-refractivity contribution in [2.75, 3.05) is 7.11 Å². The van der Waals surface area contributed by atoms with Crippen LogP contribution in [0.4, 0.5) is 0 Å². The third-order valence-corrected chi connectivity index (χ3v) is 5.90. The van der Waals surface area contributed by atoms with Crippen LogP contribution < -0.4 is 4.13 Å². The number of rotatable bonds is 1. The third-order valence-electron chi connectivity index (χ3n) is 2.16. The number of hydrogen-bond donors (Lipinski definition) is 1. The number of nitrogens with one attached hydrogen (secondary N) is 1. The van der Waals surface area contributed by atoms with Gasteiger partial charge in [0.25, 0.3) is 20.0 Å². The van der Waals surface area contributed by atoms with Crippen molar-refractivity contribution in [3.63, 3.8) is 0 Å². The molecule has 1 heterocycles. The van der Waals surface area contributed by atoms with Gasteiger partial charge in [-0.1, -0.05) is 0 Å². The maximum Gasteiger partial charge on any atom is 0.337 e. The summed E-state index contributed by atoms with van der Waals surface area (Å²) in [5.74, 6) is -0.743. The highest BCUT2D eigenvalue weighted by Gasteiger charge is 2.38. The van der Waals surface area contributed by atoms with Crippen LogP contribution in [-0.2, 0) is 24.8 Å². The standard InChI is InChI=1S/C8H7NO6S2/c1-15-8(10)5-2-3-6-7(4-5)17(13,14)9-16(6,11)12/h2-4,9H,1H3. The molecule has 7 nitrogen and oxygen atoms in total. The van der Waals surface area contributed by atoms with Crippen molar-refractivity contribution < 1.29 is 26.4 Å². The number of carbonyl (C=O) groups excluding carboxylic acids is 1. The van der Waals surface area contributed by atoms with E-state index in [4.69, 9.17) is 0 Å². The molecule has 1 aromatic carbocycles. The van der Waals surface area contributed by atoms with Gasteiger partial charge in [-0.2, -0.15) is 0 Å². The third kappa shape index (κ3) is 1.81. The van der Waals surface area contributed by atoms with Gasteiger partial charge in [0.2, 0.25) is 0 Å². The number of ether oxygens (including phenoxy) is 1. The summed E-state index contributed by atoms with van der Waals surface area (Å²) in [5, 5.41) is 0. The molecule has 1 aromatic rings. The van der Waals surface area contributed by atoms with E-state index in [-0.39, 0.29) is 10.5 Å². The number of methoxy groups -OCH3 is 1. The molecule has 0 spiro atoms. The van der Waals surface area contributed by atoms with Gasteiger partial charge in [0.15, 0.2) is 0 Å². The van der Waals surface area contributed by atoms with Crippen LogP contribution in [-0.4, -0.2) is 29.9 Å². The molecule has 1 aliphatic heterocycles. The van der Waals surface area contributed by atoms with Crippen LogP contribution in [0.5, 0.6) is 0 Å². The van der Waals surface area contributed by atoms with Crippen LogP contribution in [0.2, 0.25) is 0 Å². The van der Waals surface area contributed by atoms with Crippen LogP contribution >= 0.6 is 0 Å². The lowest BCUT2D eigenvalue weighted by Gasteiger charge is -2.00. The predicted molar refractivity (Wildman–Crippen MR) is 55.3 cm³/mol. The fourth-order valence-corrected chi connectivity index (χ4v) is 5.14. The molecule has 17 heavy (non-hydrogen) atoms. The molecule has 0 aliphatic carbocycles. The molecule has 9 heteroatoms. The number of carbonyl (C=O) groups is 1. The Kier molecular flexibility index (Phi) is 2.49. The molecule has 0 bridgehead atoms. The summed E-state index contributed by atoms with van der Waals surface area (Å²) in [4.78, 5) is 10.4. The monoisotopic (exact) mass is 277 g/mol. The number of esters is 1. The van der Waals surface area contributed by atoms with Gasteiger partial charge in [-0.15, -0.1) is 4.13 Å². The molecule has 0 atom stereocenters. The fraction of sp³-hybridized carbons (Fsp3) is 0.125. The van der Waals surface area contributed by atoms with Crippen molar-refractivity contribution in [2.45, 2.75) is 9.79 Å². The minimum absolute atomic E-state index is 0.0336. The zero-order chi connectivity index (χ0) is 12.8. The first-order valence-corrected chi connectivity index (χ1v) is 7.25. The molecule has 1 aliphatic rings. The van der Waals surface area contributed by atoms with Crippen molar-refractivity contribution in [3.05, 3.63) is 23.8 Å². The van der Waals surface area contributed by atoms with Crippen molar-refractivity contribution in [2.24, 2.45) is 0 Å². The molecule has 0 fully saturated rings. The minimum Gasteiger partial charge on any atom is -0.465 e. The van der Waals surface area contributed by atoms with Gasteiger partial charge >= 0.3 is 5.97 Å². The summed E-state index contributed by atoms with van der Waals surface area (Å²) in [7, 11) is -7.04. The van der Waals surface area contributed by atoms with Gasteiger partial charge in [0.1, 0.15) is 9.79 Å². The molecule has 0 amide bonds. The molecule has 1 N–H and O–H groups in total. The van der Waals surface area contributed by atoms with E-state index in [0.29, 0.717) is 0 Å². The van der Waals surface area contributed by atoms with Crippen LogP contribution in [0.15, 0.2) is 28.0 Å². The van der Waals surface area contributed by atoms with Gasteiger partial charge in [-0.05, 0) is 18.2 Å². The normalized spacial score (nSPS) is 19.6. The lowest BCUT2D eigenvalue weighted by Crippen LogP contribution is -2.21. The summed E-state index contributed by atoms with van der Waals surface area (Å²) < 4.78 is 51.7. The Balaban J connectivity index is 2.74. The Morgan fingerprint density at radius 1 is 1.12 bits per heavy atom. The van der Waals surface area contributed by atoms with Gasteiger partial charge in [0, 0.05) is 0 Å². The highest BCUT2D eigenvalue weighted by molar-refractivity contribution is 8.07. The molecular weight excluding hydrogens is 270 g/mol. The highest BCUT2D eigenvalue weighted by atomic mass is 32.3. The molecule has 2 rings (SSSR count). The van der Waals surface area contributed by atoms with Crippen molar-refractivity contribution in [1.29, 1.82) is 0 Å². The van der Waals surface area contributed by atoms with Gasteiger partial charge < -0.3 is 4.74 Å². The number of sulfonamides is 2. The van der Waals surface area contributed by atoms with Crippen LogP contribution in [0.25, 0.3) is 0 Å². The van der Waals surface area contributed by atoms with E-state index in [1.54, 1.807) is 0 Å². The number of hydrogen-bond acceptors (Lipinski definition) is 6. The van der Waals surface area contributed by atoms with E-state index >= 15 is 0 Å². The van der Waals surface area contributed by atoms with Crippen molar-refractivity contribution >= 4 is 26.0 Å². The Bertz CT molecular complexity index is 704. The summed E-state index contributed by atoms with van der Waals surface area (Å²) in [6, 6.07) is 3.20. The van der Waals surface area contributed by atoms with Crippen LogP contribution in [0.1, 0.15) is 10.4 Å². The van der Waals surface area contributed by atoms with Crippen LogP contribution in [0.3, 0.4) is 0 Å². The first-order chi connectivity index (χ1) is 7.78. The number of benzene rings is 1. The minimum atomic E-state index is -4.12. The quantitative estimate of drug-likeness (QED) is 0.690. The Hall–Kier alpha value is -1.45. The topological polar surface area (TPSA) is 107 Å². The molecule has 0 unspecified atom stereocenters. The second-order valence-electron chi connectivity index (χ2n) is 3.24. The van der Waals surface area contributed by atoms with Gasteiger partial charge in [0.05, 0.1) is 12.7 Å². The first-order valence-electron chi connectivity index (χ1n) is 4.29. The smallest absolute Gasteiger partial charge is 0.337 e. The average molecular weight is 277 g/mol. The van der Waals surface area contributed by atoms with E-state index in [1.165, 1.54) is 10.2 Å². The van der Waals surface area contributed by atoms with Crippen molar-refractivity contribution in [3.8, 4) is 0 Å². The van der Waals surface area contributed by atoms with Gasteiger partial charge in [-0.3, -0.25) is 0 Å². The SMILES string of the molecule is COC(=O)c1ccc2c(c1)S(=O)(=O)NS2(=O)=O. The first kappa shape index (κ1) is 12.0. The highest BCUT2D eigenvalue weighted by Crippen LogP contribution is 2.29. The summed E-state index contributed by atoms with van der Waals surface area (Å²) in [6.45, 7) is 0. The molecular formula is C8H7NO6S2. The lowest BCUT2D eigenvalue weighted by molar-refractivity contribution is 0.0600. The van der Waals surface area contributed by atoms with Gasteiger partial charge in [-0.25, -0.2) is 21.6 Å². The van der Waals surface area contributed by atoms with E-state index < -0.39 is 30.9 Å². The summed E-state index contributed by atoms with van der Waals surface area (Å²) >= 11 is 0. The Morgan fingerprint density at radius 3 is 2.29 bits per heavy atom. The largest absolute Gasteiger partial charge is 0.465 e. The Labute approximate surface area is 97.5 Å². The maximum absolute atomic E-state index is 11.5. The van der Waals surface area contributed by atoms with E-state index in [0.717, 1.165) is 19.2 Å². The molecule has 0 saturated heterocycles.